The largest absolute Gasteiger partial charge is 0.493 e. The van der Waals surface area contributed by atoms with E-state index in [4.69, 9.17) is 9.47 Å². The first-order valence-corrected chi connectivity index (χ1v) is 9.06. The molecule has 0 saturated heterocycles. The number of nitrogens with one attached hydrogen (secondary N) is 2. The van der Waals surface area contributed by atoms with Crippen molar-refractivity contribution in [2.75, 3.05) is 19.5 Å². The zero-order chi connectivity index (χ0) is 21.1. The van der Waals surface area contributed by atoms with Crippen LogP contribution in [0.1, 0.15) is 29.3 Å². The predicted octanol–water partition coefficient (Wildman–Crippen LogP) is 2.07. The molecule has 1 amide bonds. The summed E-state index contributed by atoms with van der Waals surface area (Å²) in [6.45, 7) is 4.15. The van der Waals surface area contributed by atoms with Gasteiger partial charge in [-0.1, -0.05) is 6.92 Å². The predicted molar refractivity (Wildman–Crippen MR) is 109 cm³/mol. The van der Waals surface area contributed by atoms with E-state index in [2.05, 4.69) is 15.3 Å². The van der Waals surface area contributed by atoms with Crippen LogP contribution in [0, 0.1) is 6.92 Å². The zero-order valence-corrected chi connectivity index (χ0v) is 16.7. The molecule has 2 aromatic heterocycles. The van der Waals surface area contributed by atoms with Crippen molar-refractivity contribution in [3.05, 3.63) is 56.4 Å². The monoisotopic (exact) mass is 398 g/mol. The number of hydrogen-bond donors (Lipinski definition) is 2. The number of aromatic nitrogens is 3. The first-order chi connectivity index (χ1) is 13.9. The van der Waals surface area contributed by atoms with E-state index in [9.17, 15) is 14.4 Å². The number of aryl methyl sites for hydroxylation is 2. The molecule has 29 heavy (non-hydrogen) atoms. The molecule has 0 saturated carbocycles. The fourth-order valence-corrected chi connectivity index (χ4v) is 3.03. The number of pyridine rings is 1. The normalized spacial score (nSPS) is 10.8. The Labute approximate surface area is 166 Å². The number of ether oxygens (including phenoxy) is 2. The second kappa shape index (κ2) is 8.17. The molecular weight excluding hydrogens is 376 g/mol. The van der Waals surface area contributed by atoms with Crippen LogP contribution in [0.5, 0.6) is 11.5 Å². The molecule has 9 heteroatoms. The van der Waals surface area contributed by atoms with E-state index in [-0.39, 0.29) is 16.6 Å². The lowest BCUT2D eigenvalue weighted by Crippen LogP contribution is -2.31. The van der Waals surface area contributed by atoms with E-state index in [1.54, 1.807) is 12.1 Å². The molecule has 1 aromatic carbocycles. The first kappa shape index (κ1) is 20.1. The van der Waals surface area contributed by atoms with Gasteiger partial charge in [0.25, 0.3) is 11.5 Å². The fraction of sp³-hybridized carbons (Fsp3) is 0.300. The third-order valence-electron chi connectivity index (χ3n) is 4.52. The van der Waals surface area contributed by atoms with Crippen LogP contribution in [-0.2, 0) is 6.54 Å². The summed E-state index contributed by atoms with van der Waals surface area (Å²) >= 11 is 0. The molecule has 0 aliphatic carbocycles. The number of fused-ring (bicyclic) bond motifs is 1. The third kappa shape index (κ3) is 3.84. The summed E-state index contributed by atoms with van der Waals surface area (Å²) in [4.78, 5) is 43.5. The molecule has 0 aliphatic heterocycles. The van der Waals surface area contributed by atoms with Crippen LogP contribution in [0.25, 0.3) is 11.0 Å². The van der Waals surface area contributed by atoms with Crippen molar-refractivity contribution in [1.29, 1.82) is 0 Å². The van der Waals surface area contributed by atoms with Gasteiger partial charge in [0.15, 0.2) is 11.5 Å². The average molecular weight is 398 g/mol. The topological polar surface area (TPSA) is 115 Å². The van der Waals surface area contributed by atoms with Crippen molar-refractivity contribution in [3.63, 3.8) is 0 Å². The van der Waals surface area contributed by atoms with Crippen molar-refractivity contribution in [1.82, 2.24) is 14.5 Å². The first-order valence-electron chi connectivity index (χ1n) is 9.06. The number of aromatic amines is 1. The average Bonchev–Trinajstić information content (AvgIpc) is 2.71. The molecule has 0 atom stereocenters. The summed E-state index contributed by atoms with van der Waals surface area (Å²) in [5.41, 5.74) is 0.659. The molecule has 9 nitrogen and oxygen atoms in total. The quantitative estimate of drug-likeness (QED) is 0.657. The molecule has 0 fully saturated rings. The Morgan fingerprint density at radius 3 is 2.52 bits per heavy atom. The van der Waals surface area contributed by atoms with Gasteiger partial charge < -0.3 is 14.8 Å². The van der Waals surface area contributed by atoms with Crippen molar-refractivity contribution < 1.29 is 14.3 Å². The Morgan fingerprint density at radius 1 is 1.17 bits per heavy atom. The molecule has 0 radical (unpaired) electrons. The Kier molecular flexibility index (Phi) is 5.67. The second-order valence-electron chi connectivity index (χ2n) is 6.48. The highest BCUT2D eigenvalue weighted by molar-refractivity contribution is 6.06. The number of hydrogen-bond acceptors (Lipinski definition) is 6. The molecule has 0 spiro atoms. The lowest BCUT2D eigenvalue weighted by molar-refractivity contribution is 0.102. The van der Waals surface area contributed by atoms with Gasteiger partial charge in [-0.25, -0.2) is 9.78 Å². The maximum absolute atomic E-state index is 12.7. The summed E-state index contributed by atoms with van der Waals surface area (Å²) in [6, 6.07) is 4.84. The summed E-state index contributed by atoms with van der Waals surface area (Å²) in [6.07, 6.45) is 2.04. The van der Waals surface area contributed by atoms with Gasteiger partial charge >= 0.3 is 5.69 Å². The van der Waals surface area contributed by atoms with Crippen LogP contribution in [0.3, 0.4) is 0 Å². The maximum Gasteiger partial charge on any atom is 0.329 e. The molecule has 3 rings (SSSR count). The van der Waals surface area contributed by atoms with Crippen LogP contribution >= 0.6 is 0 Å². The van der Waals surface area contributed by atoms with Gasteiger partial charge in [0.2, 0.25) is 0 Å². The molecule has 0 unspecified atom stereocenters. The number of carbonyl (C=O) groups is 1. The smallest absolute Gasteiger partial charge is 0.329 e. The van der Waals surface area contributed by atoms with E-state index in [0.29, 0.717) is 30.2 Å². The number of amides is 1. The highest BCUT2D eigenvalue weighted by Crippen LogP contribution is 2.33. The molecule has 0 bridgehead atoms. The lowest BCUT2D eigenvalue weighted by Gasteiger charge is -2.14. The minimum atomic E-state index is -0.582. The van der Waals surface area contributed by atoms with Crippen LogP contribution in [0.15, 0.2) is 34.0 Å². The van der Waals surface area contributed by atoms with Gasteiger partial charge in [-0.05, 0) is 31.0 Å². The number of benzene rings is 1. The van der Waals surface area contributed by atoms with Crippen LogP contribution < -0.4 is 26.0 Å². The number of anilines is 1. The summed E-state index contributed by atoms with van der Waals surface area (Å²) < 4.78 is 11.9. The standard InChI is InChI=1S/C20H22N4O5/c1-5-6-24-17-13(19(26)23-20(24)27)8-12(10-21-17)18(25)22-14-9-16(29-4)15(28-3)7-11(14)2/h7-10H,5-6H2,1-4H3,(H,22,25)(H,23,26,27). The second-order valence-corrected chi connectivity index (χ2v) is 6.48. The zero-order valence-electron chi connectivity index (χ0n) is 16.7. The van der Waals surface area contributed by atoms with Crippen LogP contribution in [-0.4, -0.2) is 34.7 Å². The van der Waals surface area contributed by atoms with Gasteiger partial charge in [-0.2, -0.15) is 0 Å². The summed E-state index contributed by atoms with van der Waals surface area (Å²) in [5.74, 6) is 0.586. The van der Waals surface area contributed by atoms with Gasteiger partial charge in [0, 0.05) is 24.5 Å². The van der Waals surface area contributed by atoms with E-state index in [1.165, 1.54) is 31.0 Å². The Balaban J connectivity index is 2.00. The number of carbonyl (C=O) groups excluding carboxylic acids is 1. The molecule has 152 valence electrons. The molecule has 2 heterocycles. The number of H-pyrrole nitrogens is 1. The highest BCUT2D eigenvalue weighted by Gasteiger charge is 2.15. The fourth-order valence-electron chi connectivity index (χ4n) is 3.03. The van der Waals surface area contributed by atoms with Gasteiger partial charge in [-0.15, -0.1) is 0 Å². The SMILES string of the molecule is CCCn1c(=O)[nH]c(=O)c2cc(C(=O)Nc3cc(OC)c(OC)cc3C)cnc21. The summed E-state index contributed by atoms with van der Waals surface area (Å²) in [7, 11) is 3.04. The van der Waals surface area contributed by atoms with Gasteiger partial charge in [0.1, 0.15) is 5.65 Å². The van der Waals surface area contributed by atoms with E-state index < -0.39 is 17.2 Å². The van der Waals surface area contributed by atoms with E-state index >= 15 is 0 Å². The highest BCUT2D eigenvalue weighted by atomic mass is 16.5. The summed E-state index contributed by atoms with van der Waals surface area (Å²) in [5, 5.41) is 2.97. The Bertz CT molecular complexity index is 1200. The third-order valence-corrected chi connectivity index (χ3v) is 4.52. The molecule has 3 aromatic rings. The molecule has 0 aliphatic rings. The molecular formula is C20H22N4O5. The van der Waals surface area contributed by atoms with Crippen molar-refractivity contribution in [3.8, 4) is 11.5 Å². The maximum atomic E-state index is 12.7. The minimum absolute atomic E-state index is 0.176. The van der Waals surface area contributed by atoms with Gasteiger partial charge in [0.05, 0.1) is 25.2 Å². The van der Waals surface area contributed by atoms with Crippen LogP contribution in [0.4, 0.5) is 5.69 Å². The number of nitrogens with zero attached hydrogens (tertiary/aromatic N) is 2. The van der Waals surface area contributed by atoms with Crippen molar-refractivity contribution >= 4 is 22.6 Å². The van der Waals surface area contributed by atoms with Gasteiger partial charge in [-0.3, -0.25) is 19.1 Å². The molecule has 2 N–H and O–H groups in total. The minimum Gasteiger partial charge on any atom is -0.493 e. The van der Waals surface area contributed by atoms with E-state index in [0.717, 1.165) is 5.56 Å². The van der Waals surface area contributed by atoms with Crippen molar-refractivity contribution in [2.45, 2.75) is 26.8 Å². The number of rotatable bonds is 6. The Hall–Kier alpha value is -3.62. The van der Waals surface area contributed by atoms with Crippen LogP contribution in [0.2, 0.25) is 0 Å². The number of methoxy groups -OCH3 is 2. The Morgan fingerprint density at radius 2 is 1.86 bits per heavy atom. The van der Waals surface area contributed by atoms with Crippen molar-refractivity contribution in [2.24, 2.45) is 0 Å². The lowest BCUT2D eigenvalue weighted by atomic mass is 10.1. The van der Waals surface area contributed by atoms with E-state index in [1.807, 2.05) is 13.8 Å².